The second kappa shape index (κ2) is 11.4. The molecule has 9 nitrogen and oxygen atoms in total. The van der Waals surface area contributed by atoms with E-state index in [2.05, 4.69) is 15.9 Å². The number of nitro benzene ring substituents is 1. The van der Waals surface area contributed by atoms with Gasteiger partial charge >= 0.3 is 0 Å². The summed E-state index contributed by atoms with van der Waals surface area (Å²) in [5, 5.41) is 11.0. The van der Waals surface area contributed by atoms with Gasteiger partial charge in [0.15, 0.2) is 16.6 Å². The highest BCUT2D eigenvalue weighted by atomic mass is 79.9. The van der Waals surface area contributed by atoms with E-state index in [-0.39, 0.29) is 23.0 Å². The summed E-state index contributed by atoms with van der Waals surface area (Å²) >= 11 is 8.80. The number of likely N-dealkylation sites (N-methyl/N-ethyl adjacent to an activating group) is 2. The van der Waals surface area contributed by atoms with E-state index in [0.717, 1.165) is 5.56 Å². The van der Waals surface area contributed by atoms with E-state index in [1.54, 1.807) is 38.1 Å². The number of rotatable bonds is 9. The van der Waals surface area contributed by atoms with Crippen molar-refractivity contribution in [1.29, 1.82) is 0 Å². The largest absolute Gasteiger partial charge is 0.490 e. The number of ether oxygens (including phenoxy) is 2. The molecule has 3 rings (SSSR count). The summed E-state index contributed by atoms with van der Waals surface area (Å²) < 4.78 is 12.3. The van der Waals surface area contributed by atoms with Crippen molar-refractivity contribution < 1.29 is 24.0 Å². The molecule has 0 saturated carbocycles. The molecule has 2 aromatic rings. The molecule has 11 heteroatoms. The molecular weight excluding hydrogens is 538 g/mol. The van der Waals surface area contributed by atoms with Crippen LogP contribution in [0.5, 0.6) is 11.5 Å². The first-order valence-corrected chi connectivity index (χ1v) is 12.1. The summed E-state index contributed by atoms with van der Waals surface area (Å²) in [5.74, 6) is -0.0404. The summed E-state index contributed by atoms with van der Waals surface area (Å²) in [6, 6.07) is 9.47. The highest BCUT2D eigenvalue weighted by Gasteiger charge is 2.37. The topological polar surface area (TPSA) is 102 Å². The molecule has 2 amide bonds. The van der Waals surface area contributed by atoms with Gasteiger partial charge in [0.1, 0.15) is 12.2 Å². The zero-order valence-corrected chi connectivity index (χ0v) is 21.8. The fourth-order valence-corrected chi connectivity index (χ4v) is 4.49. The average Bonchev–Trinajstić information content (AvgIpc) is 2.82. The first-order chi connectivity index (χ1) is 16.7. The van der Waals surface area contributed by atoms with Gasteiger partial charge in [-0.15, -0.1) is 0 Å². The Morgan fingerprint density at radius 3 is 2.14 bits per heavy atom. The molecule has 1 aliphatic rings. The molecule has 2 aromatic carbocycles. The van der Waals surface area contributed by atoms with Gasteiger partial charge in [0.2, 0.25) is 0 Å². The Bertz CT molecular complexity index is 1170. The highest BCUT2D eigenvalue weighted by Crippen LogP contribution is 2.38. The molecule has 0 aliphatic carbocycles. The van der Waals surface area contributed by atoms with Gasteiger partial charge in [-0.2, -0.15) is 0 Å². The third-order valence-electron chi connectivity index (χ3n) is 5.22. The Hall–Kier alpha value is -3.31. The van der Waals surface area contributed by atoms with Crippen molar-refractivity contribution in [2.75, 3.05) is 19.7 Å². The number of thiocarbonyl (C=S) groups is 1. The molecule has 0 unspecified atom stereocenters. The van der Waals surface area contributed by atoms with Crippen molar-refractivity contribution in [2.45, 2.75) is 27.4 Å². The second-order valence-corrected chi connectivity index (χ2v) is 8.63. The van der Waals surface area contributed by atoms with Gasteiger partial charge in [-0.25, -0.2) is 0 Å². The molecule has 184 valence electrons. The maximum Gasteiger partial charge on any atom is 0.269 e. The molecule has 1 fully saturated rings. The fraction of sp³-hybridized carbons (Fsp3) is 0.292. The lowest BCUT2D eigenvalue weighted by molar-refractivity contribution is -0.384. The lowest BCUT2D eigenvalue weighted by atomic mass is 10.1. The van der Waals surface area contributed by atoms with Gasteiger partial charge in [-0.05, 0) is 90.4 Å². The van der Waals surface area contributed by atoms with Crippen LogP contribution in [-0.2, 0) is 16.2 Å². The number of nitro groups is 1. The highest BCUT2D eigenvalue weighted by molar-refractivity contribution is 9.10. The number of non-ortho nitro benzene ring substituents is 1. The number of hydrogen-bond acceptors (Lipinski definition) is 7. The molecule has 0 atom stereocenters. The zero-order chi connectivity index (χ0) is 25.7. The average molecular weight is 562 g/mol. The minimum atomic E-state index is -0.462. The lowest BCUT2D eigenvalue weighted by Crippen LogP contribution is -2.55. The number of carbonyl (C=O) groups is 2. The molecule has 35 heavy (non-hydrogen) atoms. The van der Waals surface area contributed by atoms with Crippen molar-refractivity contribution >= 4 is 56.8 Å². The molecule has 0 N–H and O–H groups in total. The molecule has 0 radical (unpaired) electrons. The Morgan fingerprint density at radius 2 is 1.63 bits per heavy atom. The van der Waals surface area contributed by atoms with E-state index in [1.165, 1.54) is 28.0 Å². The van der Waals surface area contributed by atoms with Crippen LogP contribution >= 0.6 is 28.1 Å². The predicted molar refractivity (Wildman–Crippen MR) is 138 cm³/mol. The van der Waals surface area contributed by atoms with Gasteiger partial charge in [0.05, 0.1) is 16.0 Å². The van der Waals surface area contributed by atoms with Gasteiger partial charge < -0.3 is 9.47 Å². The van der Waals surface area contributed by atoms with Gasteiger partial charge in [0.25, 0.3) is 17.5 Å². The normalized spacial score (nSPS) is 13.8. The molecule has 1 aliphatic heterocycles. The number of halogens is 1. The minimum absolute atomic E-state index is 0.00169. The number of carbonyl (C=O) groups excluding carboxylic acids is 2. The van der Waals surface area contributed by atoms with E-state index in [4.69, 9.17) is 21.7 Å². The lowest BCUT2D eigenvalue weighted by Gasteiger charge is -2.35. The van der Waals surface area contributed by atoms with E-state index in [9.17, 15) is 19.7 Å². The summed E-state index contributed by atoms with van der Waals surface area (Å²) in [6.07, 6.45) is 1.52. The van der Waals surface area contributed by atoms with Crippen LogP contribution in [0.15, 0.2) is 46.4 Å². The van der Waals surface area contributed by atoms with Gasteiger partial charge in [-0.1, -0.05) is 0 Å². The fourth-order valence-electron chi connectivity index (χ4n) is 3.49. The number of benzene rings is 2. The van der Waals surface area contributed by atoms with E-state index in [1.807, 2.05) is 6.92 Å². The van der Waals surface area contributed by atoms with Crippen LogP contribution in [0.2, 0.25) is 0 Å². The molecule has 0 spiro atoms. The molecule has 0 aromatic heterocycles. The SMILES string of the molecule is CCOc1cc(C=C2C(=O)N(CC)C(=S)N(CC)C2=O)cc(Br)c1OCc1ccc([N+](=O)[O-])cc1. The Kier molecular flexibility index (Phi) is 8.57. The predicted octanol–water partition coefficient (Wildman–Crippen LogP) is 4.71. The van der Waals surface area contributed by atoms with Crippen LogP contribution in [0.3, 0.4) is 0 Å². The summed E-state index contributed by atoms with van der Waals surface area (Å²) in [5.41, 5.74) is 1.32. The summed E-state index contributed by atoms with van der Waals surface area (Å²) in [7, 11) is 0. The van der Waals surface area contributed by atoms with Gasteiger partial charge in [-0.3, -0.25) is 29.5 Å². The quantitative estimate of drug-likeness (QED) is 0.143. The van der Waals surface area contributed by atoms with Crippen LogP contribution in [0, 0.1) is 10.1 Å². The first-order valence-electron chi connectivity index (χ1n) is 10.9. The maximum absolute atomic E-state index is 12.9. The maximum atomic E-state index is 12.9. The molecule has 1 heterocycles. The van der Waals surface area contributed by atoms with Crippen LogP contribution in [0.25, 0.3) is 6.08 Å². The smallest absolute Gasteiger partial charge is 0.269 e. The van der Waals surface area contributed by atoms with Crippen molar-refractivity contribution in [3.8, 4) is 11.5 Å². The standard InChI is InChI=1S/C24H24BrN3O6S/c1-4-26-22(29)18(23(30)27(5-2)24(26)35)11-16-12-19(25)21(20(13-16)33-6-3)34-14-15-7-9-17(10-8-15)28(31)32/h7-13H,4-6,14H2,1-3H3. The van der Waals surface area contributed by atoms with Crippen molar-refractivity contribution in [1.82, 2.24) is 9.80 Å². The third kappa shape index (κ3) is 5.68. The zero-order valence-electron chi connectivity index (χ0n) is 19.4. The molecular formula is C24H24BrN3O6S. The summed E-state index contributed by atoms with van der Waals surface area (Å²) in [4.78, 5) is 39.1. The molecule has 1 saturated heterocycles. The monoisotopic (exact) mass is 561 g/mol. The van der Waals surface area contributed by atoms with E-state index in [0.29, 0.717) is 41.2 Å². The van der Waals surface area contributed by atoms with Crippen LogP contribution < -0.4 is 9.47 Å². The third-order valence-corrected chi connectivity index (χ3v) is 6.25. The van der Waals surface area contributed by atoms with Crippen LogP contribution in [0.4, 0.5) is 5.69 Å². The van der Waals surface area contributed by atoms with E-state index >= 15 is 0 Å². The second-order valence-electron chi connectivity index (χ2n) is 7.41. The Labute approximate surface area is 216 Å². The number of amides is 2. The Morgan fingerprint density at radius 1 is 1.03 bits per heavy atom. The minimum Gasteiger partial charge on any atom is -0.490 e. The first kappa shape index (κ1) is 26.3. The number of hydrogen-bond donors (Lipinski definition) is 0. The van der Waals surface area contributed by atoms with Gasteiger partial charge in [0, 0.05) is 25.2 Å². The van der Waals surface area contributed by atoms with Crippen molar-refractivity contribution in [3.63, 3.8) is 0 Å². The van der Waals surface area contributed by atoms with Crippen LogP contribution in [0.1, 0.15) is 31.9 Å². The van der Waals surface area contributed by atoms with Crippen molar-refractivity contribution in [2.24, 2.45) is 0 Å². The van der Waals surface area contributed by atoms with E-state index < -0.39 is 16.7 Å². The Balaban J connectivity index is 1.92. The van der Waals surface area contributed by atoms with Crippen LogP contribution in [-0.4, -0.2) is 51.3 Å². The van der Waals surface area contributed by atoms with Crippen molar-refractivity contribution in [3.05, 3.63) is 67.7 Å². The summed E-state index contributed by atoms with van der Waals surface area (Å²) in [6.45, 7) is 6.64. The molecule has 0 bridgehead atoms. The number of nitrogens with zero attached hydrogens (tertiary/aromatic N) is 3.